The highest BCUT2D eigenvalue weighted by molar-refractivity contribution is 6.21. The zero-order chi connectivity index (χ0) is 11.1. The van der Waals surface area contributed by atoms with E-state index in [1.54, 1.807) is 0 Å². The molecule has 0 aromatic heterocycles. The molecular weight excluding hydrogens is 210 g/mol. The summed E-state index contributed by atoms with van der Waals surface area (Å²) in [4.78, 5) is 14.2. The second-order valence-corrected chi connectivity index (χ2v) is 6.22. The first-order valence-corrected chi connectivity index (χ1v) is 6.37. The third-order valence-corrected chi connectivity index (χ3v) is 4.35. The molecule has 2 fully saturated rings. The Hall–Kier alpha value is -0.240. The molecule has 0 spiro atoms. The lowest BCUT2D eigenvalue weighted by Crippen LogP contribution is -2.38. The van der Waals surface area contributed by atoms with Crippen LogP contribution in [0, 0.1) is 11.3 Å². The molecule has 0 radical (unpaired) electrons. The van der Waals surface area contributed by atoms with Crippen molar-refractivity contribution in [3.05, 3.63) is 0 Å². The number of carbonyl (C=O) groups excluding carboxylic acids is 1. The highest BCUT2D eigenvalue weighted by atomic mass is 35.5. The van der Waals surface area contributed by atoms with E-state index in [0.29, 0.717) is 5.91 Å². The molecule has 0 aromatic rings. The predicted molar refractivity (Wildman–Crippen MR) is 62.0 cm³/mol. The van der Waals surface area contributed by atoms with Crippen LogP contribution in [0.5, 0.6) is 0 Å². The average molecular weight is 230 g/mol. The molecule has 1 saturated carbocycles. The second kappa shape index (κ2) is 3.97. The Balaban J connectivity index is 2.02. The highest BCUT2D eigenvalue weighted by Gasteiger charge is 2.42. The summed E-state index contributed by atoms with van der Waals surface area (Å²) in [7, 11) is 0. The first-order valence-electron chi connectivity index (χ1n) is 5.93. The first kappa shape index (κ1) is 11.3. The van der Waals surface area contributed by atoms with Gasteiger partial charge in [-0.25, -0.2) is 0 Å². The van der Waals surface area contributed by atoms with Crippen LogP contribution in [0.3, 0.4) is 0 Å². The monoisotopic (exact) mass is 229 g/mol. The van der Waals surface area contributed by atoms with Gasteiger partial charge >= 0.3 is 0 Å². The Labute approximate surface area is 97.0 Å². The number of alkyl halides is 1. The smallest absolute Gasteiger partial charge is 0.226 e. The molecule has 2 atom stereocenters. The van der Waals surface area contributed by atoms with Gasteiger partial charge in [-0.1, -0.05) is 20.3 Å². The number of hydrogen-bond acceptors (Lipinski definition) is 1. The largest absolute Gasteiger partial charge is 0.341 e. The molecule has 2 nitrogen and oxygen atoms in total. The summed E-state index contributed by atoms with van der Waals surface area (Å²) < 4.78 is 0. The zero-order valence-corrected chi connectivity index (χ0v) is 10.4. The van der Waals surface area contributed by atoms with E-state index >= 15 is 0 Å². The molecule has 2 rings (SSSR count). The molecule has 1 aliphatic heterocycles. The van der Waals surface area contributed by atoms with Gasteiger partial charge in [0.1, 0.15) is 0 Å². The van der Waals surface area contributed by atoms with Crippen molar-refractivity contribution in [2.75, 3.05) is 13.1 Å². The average Bonchev–Trinajstić information content (AvgIpc) is 2.70. The lowest BCUT2D eigenvalue weighted by atomic mass is 9.81. The van der Waals surface area contributed by atoms with Crippen LogP contribution in [-0.4, -0.2) is 29.3 Å². The molecular formula is C12H20ClNO. The fraction of sp³-hybridized carbons (Fsp3) is 0.917. The molecule has 0 aromatic carbocycles. The Morgan fingerprint density at radius 2 is 2.13 bits per heavy atom. The number of amides is 1. The summed E-state index contributed by atoms with van der Waals surface area (Å²) in [6.45, 7) is 6.06. The lowest BCUT2D eigenvalue weighted by molar-refractivity contribution is -0.137. The van der Waals surface area contributed by atoms with Crippen LogP contribution in [0.15, 0.2) is 0 Å². The van der Waals surface area contributed by atoms with Gasteiger partial charge < -0.3 is 4.90 Å². The van der Waals surface area contributed by atoms with Crippen molar-refractivity contribution in [1.82, 2.24) is 4.90 Å². The summed E-state index contributed by atoms with van der Waals surface area (Å²) in [5, 5.41) is 0.179. The highest BCUT2D eigenvalue weighted by Crippen LogP contribution is 2.43. The van der Waals surface area contributed by atoms with Crippen molar-refractivity contribution in [1.29, 1.82) is 0 Å². The molecule has 1 heterocycles. The molecule has 1 amide bonds. The second-order valence-electron chi connectivity index (χ2n) is 5.60. The number of carbonyl (C=O) groups is 1. The maximum atomic E-state index is 12.3. The number of halogens is 1. The van der Waals surface area contributed by atoms with E-state index in [9.17, 15) is 4.79 Å². The Kier molecular flexibility index (Phi) is 2.98. The van der Waals surface area contributed by atoms with Crippen LogP contribution < -0.4 is 0 Å². The van der Waals surface area contributed by atoms with Crippen LogP contribution in [0.1, 0.15) is 39.5 Å². The van der Waals surface area contributed by atoms with Crippen LogP contribution in [-0.2, 0) is 4.79 Å². The summed E-state index contributed by atoms with van der Waals surface area (Å²) in [6, 6.07) is 0. The van der Waals surface area contributed by atoms with Crippen LogP contribution in [0.2, 0.25) is 0 Å². The summed E-state index contributed by atoms with van der Waals surface area (Å²) in [5.74, 6) is 0.583. The molecule has 0 N–H and O–H groups in total. The van der Waals surface area contributed by atoms with Crippen LogP contribution in [0.4, 0.5) is 0 Å². The van der Waals surface area contributed by atoms with E-state index in [1.165, 1.54) is 12.8 Å². The van der Waals surface area contributed by atoms with Crippen molar-refractivity contribution < 1.29 is 4.79 Å². The number of hydrogen-bond donors (Lipinski definition) is 0. The zero-order valence-electron chi connectivity index (χ0n) is 9.63. The topological polar surface area (TPSA) is 20.3 Å². The maximum Gasteiger partial charge on any atom is 0.226 e. The fourth-order valence-corrected chi connectivity index (χ4v) is 3.19. The van der Waals surface area contributed by atoms with E-state index < -0.39 is 0 Å². The van der Waals surface area contributed by atoms with Gasteiger partial charge in [-0.3, -0.25) is 4.79 Å². The molecule has 15 heavy (non-hydrogen) atoms. The third kappa shape index (κ3) is 2.15. The Bertz CT molecular complexity index is 264. The molecule has 86 valence electrons. The van der Waals surface area contributed by atoms with Crippen molar-refractivity contribution in [2.45, 2.75) is 44.9 Å². The van der Waals surface area contributed by atoms with E-state index in [1.807, 2.05) is 4.90 Å². The number of nitrogens with zero attached hydrogens (tertiary/aromatic N) is 1. The minimum Gasteiger partial charge on any atom is -0.341 e. The van der Waals surface area contributed by atoms with Gasteiger partial charge in [-0.15, -0.1) is 11.6 Å². The number of likely N-dealkylation sites (tertiary alicyclic amines) is 1. The normalized spacial score (nSPS) is 34.7. The van der Waals surface area contributed by atoms with Gasteiger partial charge in [0.2, 0.25) is 5.91 Å². The van der Waals surface area contributed by atoms with Crippen LogP contribution >= 0.6 is 11.6 Å². The molecule has 2 aliphatic rings. The van der Waals surface area contributed by atoms with E-state index in [-0.39, 0.29) is 16.7 Å². The van der Waals surface area contributed by atoms with E-state index in [2.05, 4.69) is 13.8 Å². The maximum absolute atomic E-state index is 12.3. The van der Waals surface area contributed by atoms with Crippen molar-refractivity contribution in [3.63, 3.8) is 0 Å². The molecule has 1 saturated heterocycles. The van der Waals surface area contributed by atoms with Crippen molar-refractivity contribution in [3.8, 4) is 0 Å². The molecule has 2 unspecified atom stereocenters. The Morgan fingerprint density at radius 3 is 2.60 bits per heavy atom. The first-order chi connectivity index (χ1) is 7.00. The quantitative estimate of drug-likeness (QED) is 0.633. The van der Waals surface area contributed by atoms with Gasteiger partial charge in [0.15, 0.2) is 0 Å². The van der Waals surface area contributed by atoms with Gasteiger partial charge in [0.25, 0.3) is 0 Å². The van der Waals surface area contributed by atoms with E-state index in [0.717, 1.165) is 25.9 Å². The van der Waals surface area contributed by atoms with Gasteiger partial charge in [-0.2, -0.15) is 0 Å². The molecule has 1 aliphatic carbocycles. The minimum absolute atomic E-state index is 0.179. The summed E-state index contributed by atoms with van der Waals surface area (Å²) in [6.07, 6.45) is 4.40. The standard InChI is InChI=1S/C12H20ClNO/c1-12(2)6-3-4-10(12)11(15)14-7-5-9(13)8-14/h9-10H,3-8H2,1-2H3. The predicted octanol–water partition coefficient (Wildman–Crippen LogP) is 2.65. The number of rotatable bonds is 1. The summed E-state index contributed by atoms with van der Waals surface area (Å²) in [5.41, 5.74) is 0.196. The summed E-state index contributed by atoms with van der Waals surface area (Å²) >= 11 is 6.03. The van der Waals surface area contributed by atoms with Crippen molar-refractivity contribution >= 4 is 17.5 Å². The van der Waals surface area contributed by atoms with Gasteiger partial charge in [-0.05, 0) is 24.7 Å². The van der Waals surface area contributed by atoms with Gasteiger partial charge in [0, 0.05) is 19.0 Å². The molecule has 0 bridgehead atoms. The lowest BCUT2D eigenvalue weighted by Gasteiger charge is -2.29. The molecule has 3 heteroatoms. The van der Waals surface area contributed by atoms with Crippen LogP contribution in [0.25, 0.3) is 0 Å². The third-order valence-electron chi connectivity index (χ3n) is 4.00. The SMILES string of the molecule is CC1(C)CCCC1C(=O)N1CCC(Cl)C1. The minimum atomic E-state index is 0.179. The van der Waals surface area contributed by atoms with Crippen molar-refractivity contribution in [2.24, 2.45) is 11.3 Å². The van der Waals surface area contributed by atoms with Gasteiger partial charge in [0.05, 0.1) is 5.38 Å². The fourth-order valence-electron chi connectivity index (χ4n) is 2.92. The van der Waals surface area contributed by atoms with E-state index in [4.69, 9.17) is 11.6 Å². The Morgan fingerprint density at radius 1 is 1.40 bits per heavy atom.